The Morgan fingerprint density at radius 2 is 1.89 bits per heavy atom. The molecule has 1 aromatic carbocycles. The Kier molecular flexibility index (Phi) is 5.36. The molecule has 1 aromatic rings. The number of hydrogen-bond acceptors (Lipinski definition) is 4. The third kappa shape index (κ3) is 4.24. The highest BCUT2D eigenvalue weighted by atomic mass is 16.5. The molecule has 0 radical (unpaired) electrons. The highest BCUT2D eigenvalue weighted by Gasteiger charge is 2.29. The molecule has 2 N–H and O–H groups in total. The Morgan fingerprint density at radius 3 is 2.42 bits per heavy atom. The molecule has 19 heavy (non-hydrogen) atoms. The maximum atomic E-state index is 11.6. The first kappa shape index (κ1) is 15.5. The van der Waals surface area contributed by atoms with Crippen LogP contribution in [0.2, 0.25) is 0 Å². The van der Waals surface area contributed by atoms with Crippen molar-refractivity contribution in [2.24, 2.45) is 5.73 Å². The zero-order chi connectivity index (χ0) is 14.5. The third-order valence-electron chi connectivity index (χ3n) is 3.02. The molecule has 0 heterocycles. The second-order valence-corrected chi connectivity index (χ2v) is 4.96. The number of hydrogen-bond donors (Lipinski definition) is 1. The van der Waals surface area contributed by atoms with Crippen LogP contribution in [-0.2, 0) is 9.53 Å². The molecule has 4 nitrogen and oxygen atoms in total. The molecule has 0 aromatic heterocycles. The second-order valence-electron chi connectivity index (χ2n) is 4.96. The number of nitrogens with two attached hydrogens (primary N) is 1. The van der Waals surface area contributed by atoms with Crippen LogP contribution in [0.3, 0.4) is 0 Å². The molecule has 0 aliphatic carbocycles. The number of ether oxygens (including phenoxy) is 2. The van der Waals surface area contributed by atoms with E-state index in [0.29, 0.717) is 19.6 Å². The molecule has 0 saturated heterocycles. The number of benzene rings is 1. The summed E-state index contributed by atoms with van der Waals surface area (Å²) < 4.78 is 10.7. The van der Waals surface area contributed by atoms with E-state index in [4.69, 9.17) is 15.2 Å². The van der Waals surface area contributed by atoms with Crippen LogP contribution in [-0.4, -0.2) is 24.7 Å². The topological polar surface area (TPSA) is 61.5 Å². The summed E-state index contributed by atoms with van der Waals surface area (Å²) in [6.45, 7) is 8.14. The van der Waals surface area contributed by atoms with Crippen molar-refractivity contribution in [3.05, 3.63) is 29.3 Å². The van der Waals surface area contributed by atoms with Crippen molar-refractivity contribution in [2.75, 3.05) is 13.2 Å². The normalized spacial score (nSPS) is 13.7. The fourth-order valence-electron chi connectivity index (χ4n) is 1.79. The lowest BCUT2D eigenvalue weighted by Gasteiger charge is -2.22. The average Bonchev–Trinajstić information content (AvgIpc) is 2.33. The largest absolute Gasteiger partial charge is 0.493 e. The van der Waals surface area contributed by atoms with Gasteiger partial charge in [0.1, 0.15) is 11.3 Å². The second kappa shape index (κ2) is 6.57. The molecule has 1 rings (SSSR count). The molecule has 1 unspecified atom stereocenters. The van der Waals surface area contributed by atoms with Gasteiger partial charge >= 0.3 is 5.97 Å². The van der Waals surface area contributed by atoms with E-state index in [1.54, 1.807) is 13.8 Å². The van der Waals surface area contributed by atoms with E-state index >= 15 is 0 Å². The maximum Gasteiger partial charge on any atom is 0.325 e. The molecule has 0 bridgehead atoms. The van der Waals surface area contributed by atoms with Crippen LogP contribution in [0, 0.1) is 13.8 Å². The van der Waals surface area contributed by atoms with Crippen molar-refractivity contribution in [3.8, 4) is 5.75 Å². The van der Waals surface area contributed by atoms with Crippen LogP contribution >= 0.6 is 0 Å². The number of aryl methyl sites for hydroxylation is 2. The summed E-state index contributed by atoms with van der Waals surface area (Å²) in [5.41, 5.74) is 7.08. The van der Waals surface area contributed by atoms with Gasteiger partial charge in [-0.1, -0.05) is 18.2 Å². The van der Waals surface area contributed by atoms with Gasteiger partial charge < -0.3 is 15.2 Å². The van der Waals surface area contributed by atoms with Crippen molar-refractivity contribution in [1.29, 1.82) is 0 Å². The Bertz CT molecular complexity index is 421. The minimum absolute atomic E-state index is 0.337. The number of carbonyl (C=O) groups is 1. The van der Waals surface area contributed by atoms with Crippen molar-refractivity contribution >= 4 is 5.97 Å². The summed E-state index contributed by atoms with van der Waals surface area (Å²) in [4.78, 5) is 11.6. The Labute approximate surface area is 114 Å². The third-order valence-corrected chi connectivity index (χ3v) is 3.02. The van der Waals surface area contributed by atoms with Crippen LogP contribution in [0.1, 0.15) is 31.4 Å². The first-order valence-electron chi connectivity index (χ1n) is 6.53. The molecule has 0 aliphatic heterocycles. The minimum Gasteiger partial charge on any atom is -0.493 e. The number of para-hydroxylation sites is 1. The van der Waals surface area contributed by atoms with Crippen LogP contribution in [0.15, 0.2) is 18.2 Å². The quantitative estimate of drug-likeness (QED) is 0.802. The van der Waals surface area contributed by atoms with Crippen LogP contribution in [0.5, 0.6) is 5.75 Å². The highest BCUT2D eigenvalue weighted by Crippen LogP contribution is 2.23. The van der Waals surface area contributed by atoms with Gasteiger partial charge in [0, 0.05) is 6.42 Å². The molecule has 106 valence electrons. The molecular formula is C15H23NO3. The molecule has 0 saturated carbocycles. The lowest BCUT2D eigenvalue weighted by atomic mass is 10.0. The van der Waals surface area contributed by atoms with E-state index in [0.717, 1.165) is 16.9 Å². The van der Waals surface area contributed by atoms with Crippen molar-refractivity contribution in [2.45, 2.75) is 39.7 Å². The highest BCUT2D eigenvalue weighted by molar-refractivity contribution is 5.79. The molecule has 0 fully saturated rings. The summed E-state index contributed by atoms with van der Waals surface area (Å²) in [6.07, 6.45) is 0.416. The number of esters is 1. The van der Waals surface area contributed by atoms with Crippen molar-refractivity contribution in [1.82, 2.24) is 0 Å². The summed E-state index contributed by atoms with van der Waals surface area (Å²) >= 11 is 0. The Morgan fingerprint density at radius 1 is 1.32 bits per heavy atom. The van der Waals surface area contributed by atoms with Crippen LogP contribution in [0.25, 0.3) is 0 Å². The van der Waals surface area contributed by atoms with Gasteiger partial charge in [-0.05, 0) is 38.8 Å². The summed E-state index contributed by atoms with van der Waals surface area (Å²) in [7, 11) is 0. The van der Waals surface area contributed by atoms with E-state index in [1.165, 1.54) is 0 Å². The maximum absolute atomic E-state index is 11.6. The van der Waals surface area contributed by atoms with Crippen LogP contribution in [0.4, 0.5) is 0 Å². The average molecular weight is 265 g/mol. The smallest absolute Gasteiger partial charge is 0.325 e. The van der Waals surface area contributed by atoms with Gasteiger partial charge in [0.15, 0.2) is 0 Å². The van der Waals surface area contributed by atoms with E-state index in [9.17, 15) is 4.79 Å². The van der Waals surface area contributed by atoms with Gasteiger partial charge in [-0.2, -0.15) is 0 Å². The fraction of sp³-hybridized carbons (Fsp3) is 0.533. The lowest BCUT2D eigenvalue weighted by molar-refractivity contribution is -0.149. The molecule has 0 spiro atoms. The lowest BCUT2D eigenvalue weighted by Crippen LogP contribution is -2.47. The Hall–Kier alpha value is -1.55. The van der Waals surface area contributed by atoms with Crippen LogP contribution < -0.4 is 10.5 Å². The van der Waals surface area contributed by atoms with Crippen molar-refractivity contribution < 1.29 is 14.3 Å². The Balaban J connectivity index is 2.57. The van der Waals surface area contributed by atoms with Gasteiger partial charge in [-0.3, -0.25) is 4.79 Å². The molecule has 4 heteroatoms. The summed E-state index contributed by atoms with van der Waals surface area (Å²) in [5.74, 6) is 0.474. The standard InChI is InChI=1S/C15H23NO3/c1-5-18-14(17)15(4,16)9-10-19-13-11(2)7-6-8-12(13)3/h6-8H,5,9-10,16H2,1-4H3. The van der Waals surface area contributed by atoms with E-state index < -0.39 is 5.54 Å². The predicted molar refractivity (Wildman–Crippen MR) is 75.3 cm³/mol. The first-order chi connectivity index (χ1) is 8.88. The molecular weight excluding hydrogens is 242 g/mol. The van der Waals surface area contributed by atoms with E-state index in [-0.39, 0.29) is 5.97 Å². The first-order valence-corrected chi connectivity index (χ1v) is 6.53. The number of rotatable bonds is 6. The van der Waals surface area contributed by atoms with Gasteiger partial charge in [-0.15, -0.1) is 0 Å². The van der Waals surface area contributed by atoms with E-state index in [2.05, 4.69) is 0 Å². The number of carbonyl (C=O) groups excluding carboxylic acids is 1. The van der Waals surface area contributed by atoms with Crippen molar-refractivity contribution in [3.63, 3.8) is 0 Å². The zero-order valence-electron chi connectivity index (χ0n) is 12.2. The SMILES string of the molecule is CCOC(=O)C(C)(N)CCOc1c(C)cccc1C. The van der Waals surface area contributed by atoms with E-state index in [1.807, 2.05) is 32.0 Å². The summed E-state index contributed by atoms with van der Waals surface area (Å²) in [6, 6.07) is 5.98. The predicted octanol–water partition coefficient (Wildman–Crippen LogP) is 2.35. The fourth-order valence-corrected chi connectivity index (χ4v) is 1.79. The van der Waals surface area contributed by atoms with Gasteiger partial charge in [0.05, 0.1) is 13.2 Å². The molecule has 1 atom stereocenters. The minimum atomic E-state index is -1.01. The van der Waals surface area contributed by atoms with Gasteiger partial charge in [0.2, 0.25) is 0 Å². The monoisotopic (exact) mass is 265 g/mol. The van der Waals surface area contributed by atoms with Gasteiger partial charge in [-0.25, -0.2) is 0 Å². The van der Waals surface area contributed by atoms with Gasteiger partial charge in [0.25, 0.3) is 0 Å². The summed E-state index contributed by atoms with van der Waals surface area (Å²) in [5, 5.41) is 0. The molecule has 0 aliphatic rings. The zero-order valence-corrected chi connectivity index (χ0v) is 12.2. The molecule has 0 amide bonds.